The predicted octanol–water partition coefficient (Wildman–Crippen LogP) is -0.137. The van der Waals surface area contributed by atoms with Crippen LogP contribution in [0.25, 0.3) is 0 Å². The molecule has 0 aliphatic heterocycles. The SMILES string of the molecule is O=S(=O)(O)CCc1ccncc1.[KH]. The summed E-state index contributed by atoms with van der Waals surface area (Å²) in [7, 11) is -3.84. The van der Waals surface area contributed by atoms with Crippen LogP contribution >= 0.6 is 0 Å². The van der Waals surface area contributed by atoms with Gasteiger partial charge in [0.15, 0.2) is 0 Å². The third-order valence-corrected chi connectivity index (χ3v) is 2.12. The van der Waals surface area contributed by atoms with Crippen LogP contribution in [-0.2, 0) is 16.5 Å². The van der Waals surface area contributed by atoms with Crippen LogP contribution in [0.3, 0.4) is 0 Å². The molecule has 0 fully saturated rings. The third-order valence-electron chi connectivity index (χ3n) is 1.40. The molecule has 1 aromatic heterocycles. The Hall–Kier alpha value is 0.696. The van der Waals surface area contributed by atoms with Crippen LogP contribution in [0, 0.1) is 0 Å². The predicted molar refractivity (Wildman–Crippen MR) is 51.5 cm³/mol. The van der Waals surface area contributed by atoms with Gasteiger partial charge in [-0.2, -0.15) is 8.42 Å². The van der Waals surface area contributed by atoms with Crippen LogP contribution in [0.4, 0.5) is 0 Å². The topological polar surface area (TPSA) is 67.3 Å². The minimum absolute atomic E-state index is 0. The molecule has 0 atom stereocenters. The average molecular weight is 227 g/mol. The second-order valence-corrected chi connectivity index (χ2v) is 3.96. The van der Waals surface area contributed by atoms with E-state index in [1.165, 1.54) is 0 Å². The van der Waals surface area contributed by atoms with Gasteiger partial charge in [-0.15, -0.1) is 0 Å². The summed E-state index contributed by atoms with van der Waals surface area (Å²) in [5, 5.41) is 0. The van der Waals surface area contributed by atoms with E-state index in [-0.39, 0.29) is 57.1 Å². The fourth-order valence-electron chi connectivity index (χ4n) is 0.796. The zero-order valence-electron chi connectivity index (χ0n) is 6.34. The molecule has 0 radical (unpaired) electrons. The molecule has 0 bridgehead atoms. The molecule has 0 aromatic carbocycles. The Morgan fingerprint density at radius 3 is 2.31 bits per heavy atom. The van der Waals surface area contributed by atoms with Crippen molar-refractivity contribution in [1.82, 2.24) is 4.98 Å². The van der Waals surface area contributed by atoms with Crippen LogP contribution in [0.15, 0.2) is 24.5 Å². The molecule has 0 unspecified atom stereocenters. The number of hydrogen-bond donors (Lipinski definition) is 1. The quantitative estimate of drug-likeness (QED) is 0.576. The molecule has 1 rings (SSSR count). The van der Waals surface area contributed by atoms with Crippen LogP contribution in [0.5, 0.6) is 0 Å². The molecule has 1 aromatic rings. The van der Waals surface area contributed by atoms with E-state index in [4.69, 9.17) is 4.55 Å². The van der Waals surface area contributed by atoms with E-state index in [0.717, 1.165) is 5.56 Å². The summed E-state index contributed by atoms with van der Waals surface area (Å²) >= 11 is 0. The second-order valence-electron chi connectivity index (χ2n) is 2.39. The number of hydrogen-bond acceptors (Lipinski definition) is 3. The van der Waals surface area contributed by atoms with Crippen molar-refractivity contribution in [3.05, 3.63) is 30.1 Å². The van der Waals surface area contributed by atoms with E-state index < -0.39 is 10.1 Å². The Balaban J connectivity index is 0.00000144. The first-order valence-electron chi connectivity index (χ1n) is 3.42. The number of aromatic nitrogens is 1. The maximum absolute atomic E-state index is 10.3. The molecule has 0 saturated heterocycles. The van der Waals surface area contributed by atoms with Crippen LogP contribution < -0.4 is 0 Å². The fourth-order valence-corrected chi connectivity index (χ4v) is 1.29. The van der Waals surface area contributed by atoms with Crippen LogP contribution in [0.1, 0.15) is 5.56 Å². The first-order chi connectivity index (χ1) is 5.58. The molecular weight excluding hydrogens is 217 g/mol. The van der Waals surface area contributed by atoms with Gasteiger partial charge >= 0.3 is 51.4 Å². The standard InChI is InChI=1S/C7H9NO3S.K.H/c9-12(10,11)6-3-7-1-4-8-5-2-7;;/h1-2,4-5H,3,6H2,(H,9,10,11);;. The molecule has 4 nitrogen and oxygen atoms in total. The van der Waals surface area contributed by atoms with Gasteiger partial charge in [0.05, 0.1) is 5.75 Å². The van der Waals surface area contributed by atoms with Crippen LogP contribution in [0.2, 0.25) is 0 Å². The van der Waals surface area contributed by atoms with E-state index in [1.54, 1.807) is 24.5 Å². The number of nitrogens with zero attached hydrogens (tertiary/aromatic N) is 1. The van der Waals surface area contributed by atoms with Gasteiger partial charge in [-0.25, -0.2) is 0 Å². The molecular formula is C7H10KNO3S. The van der Waals surface area contributed by atoms with Gasteiger partial charge in [-0.05, 0) is 24.1 Å². The molecule has 1 heterocycles. The van der Waals surface area contributed by atoms with Gasteiger partial charge in [0.25, 0.3) is 10.1 Å². The summed E-state index contributed by atoms with van der Waals surface area (Å²) in [6.45, 7) is 0. The van der Waals surface area contributed by atoms with Gasteiger partial charge in [0.1, 0.15) is 0 Å². The molecule has 0 spiro atoms. The van der Waals surface area contributed by atoms with Crippen molar-refractivity contribution in [2.24, 2.45) is 0 Å². The molecule has 6 heteroatoms. The average Bonchev–Trinajstić information content (AvgIpc) is 2.02. The maximum atomic E-state index is 10.3. The van der Waals surface area contributed by atoms with Gasteiger partial charge in [0, 0.05) is 12.4 Å². The number of pyridine rings is 1. The number of aryl methyl sites for hydroxylation is 1. The Morgan fingerprint density at radius 1 is 1.31 bits per heavy atom. The van der Waals surface area contributed by atoms with Crippen LogP contribution in [-0.4, -0.2) is 75.1 Å². The molecule has 0 saturated carbocycles. The summed E-state index contributed by atoms with van der Waals surface area (Å²) in [5.74, 6) is -0.239. The first-order valence-corrected chi connectivity index (χ1v) is 5.03. The fraction of sp³-hybridized carbons (Fsp3) is 0.286. The van der Waals surface area contributed by atoms with Crippen molar-refractivity contribution in [2.45, 2.75) is 6.42 Å². The zero-order valence-corrected chi connectivity index (χ0v) is 7.16. The minimum atomic E-state index is -3.84. The van der Waals surface area contributed by atoms with Crippen molar-refractivity contribution >= 4 is 61.5 Å². The van der Waals surface area contributed by atoms with Crippen molar-refractivity contribution in [1.29, 1.82) is 0 Å². The van der Waals surface area contributed by atoms with Crippen molar-refractivity contribution in [2.75, 3.05) is 5.75 Å². The molecule has 68 valence electrons. The Kier molecular flexibility index (Phi) is 6.56. The van der Waals surface area contributed by atoms with Gasteiger partial charge in [-0.1, -0.05) is 0 Å². The second kappa shape index (κ2) is 6.23. The molecule has 0 aliphatic rings. The monoisotopic (exact) mass is 227 g/mol. The van der Waals surface area contributed by atoms with Crippen molar-refractivity contribution < 1.29 is 13.0 Å². The third kappa shape index (κ3) is 6.73. The summed E-state index contributed by atoms with van der Waals surface area (Å²) in [6.07, 6.45) is 3.49. The Bertz CT molecular complexity index is 338. The van der Waals surface area contributed by atoms with E-state index in [1.807, 2.05) is 0 Å². The molecule has 0 aliphatic carbocycles. The van der Waals surface area contributed by atoms with Crippen molar-refractivity contribution in [3.63, 3.8) is 0 Å². The van der Waals surface area contributed by atoms with E-state index >= 15 is 0 Å². The van der Waals surface area contributed by atoms with E-state index in [0.29, 0.717) is 6.42 Å². The Labute approximate surface area is 120 Å². The zero-order chi connectivity index (χ0) is 9.03. The van der Waals surface area contributed by atoms with Gasteiger partial charge < -0.3 is 0 Å². The van der Waals surface area contributed by atoms with E-state index in [9.17, 15) is 8.42 Å². The molecule has 13 heavy (non-hydrogen) atoms. The summed E-state index contributed by atoms with van der Waals surface area (Å²) in [4.78, 5) is 3.78. The normalized spacial score (nSPS) is 10.5. The Morgan fingerprint density at radius 2 is 1.85 bits per heavy atom. The van der Waals surface area contributed by atoms with E-state index in [2.05, 4.69) is 4.98 Å². The number of rotatable bonds is 3. The molecule has 0 amide bonds. The summed E-state index contributed by atoms with van der Waals surface area (Å²) in [6, 6.07) is 3.43. The van der Waals surface area contributed by atoms with Crippen molar-refractivity contribution in [3.8, 4) is 0 Å². The molecule has 1 N–H and O–H groups in total. The summed E-state index contributed by atoms with van der Waals surface area (Å²) < 4.78 is 29.1. The first kappa shape index (κ1) is 13.7. The van der Waals surface area contributed by atoms with Gasteiger partial charge in [0.2, 0.25) is 0 Å². The summed E-state index contributed by atoms with van der Waals surface area (Å²) in [5.41, 5.74) is 0.850. The van der Waals surface area contributed by atoms with Gasteiger partial charge in [-0.3, -0.25) is 9.54 Å².